The highest BCUT2D eigenvalue weighted by Gasteiger charge is 2.32. The second kappa shape index (κ2) is 3.87. The van der Waals surface area contributed by atoms with Gasteiger partial charge in [0.2, 0.25) is 0 Å². The first-order valence-corrected chi connectivity index (χ1v) is 4.92. The van der Waals surface area contributed by atoms with Gasteiger partial charge in [0.25, 0.3) is 5.91 Å². The highest BCUT2D eigenvalue weighted by Crippen LogP contribution is 2.32. The molecule has 1 aromatic carbocycles. The molecule has 0 aliphatic carbocycles. The van der Waals surface area contributed by atoms with E-state index in [0.29, 0.717) is 5.71 Å². The number of hydrogen-bond acceptors (Lipinski definition) is 2. The SMILES string of the molecule is CC1=NN(c2cccc(C(F)(F)F)c2)C(=O)C1. The van der Waals surface area contributed by atoms with Gasteiger partial charge >= 0.3 is 6.18 Å². The van der Waals surface area contributed by atoms with Crippen LogP contribution in [0, 0.1) is 0 Å². The minimum atomic E-state index is -4.42. The summed E-state index contributed by atoms with van der Waals surface area (Å²) in [5.41, 5.74) is -0.0587. The Morgan fingerprint density at radius 2 is 2.06 bits per heavy atom. The third kappa shape index (κ3) is 2.30. The molecule has 0 radical (unpaired) electrons. The zero-order chi connectivity index (χ0) is 12.6. The lowest BCUT2D eigenvalue weighted by atomic mass is 10.2. The largest absolute Gasteiger partial charge is 0.416 e. The molecule has 1 aromatic rings. The maximum absolute atomic E-state index is 12.5. The van der Waals surface area contributed by atoms with Gasteiger partial charge in [-0.1, -0.05) is 6.07 Å². The minimum absolute atomic E-state index is 0.140. The Morgan fingerprint density at radius 3 is 2.59 bits per heavy atom. The third-order valence-corrected chi connectivity index (χ3v) is 2.33. The molecule has 0 bridgehead atoms. The second-order valence-corrected chi connectivity index (χ2v) is 3.77. The summed E-state index contributed by atoms with van der Waals surface area (Å²) in [7, 11) is 0. The minimum Gasteiger partial charge on any atom is -0.272 e. The molecule has 1 amide bonds. The van der Waals surface area contributed by atoms with Gasteiger partial charge in [0.15, 0.2) is 0 Å². The molecule has 2 rings (SSSR count). The van der Waals surface area contributed by atoms with E-state index in [1.165, 1.54) is 12.1 Å². The van der Waals surface area contributed by atoms with Crippen LogP contribution in [0.15, 0.2) is 29.4 Å². The van der Waals surface area contributed by atoms with Crippen molar-refractivity contribution in [2.75, 3.05) is 5.01 Å². The van der Waals surface area contributed by atoms with Crippen molar-refractivity contribution in [2.24, 2.45) is 5.10 Å². The lowest BCUT2D eigenvalue weighted by molar-refractivity contribution is -0.137. The van der Waals surface area contributed by atoms with Gasteiger partial charge in [-0.15, -0.1) is 0 Å². The van der Waals surface area contributed by atoms with Crippen molar-refractivity contribution in [3.8, 4) is 0 Å². The maximum Gasteiger partial charge on any atom is 0.416 e. The molecule has 0 unspecified atom stereocenters. The molecular weight excluding hydrogens is 233 g/mol. The monoisotopic (exact) mass is 242 g/mol. The first-order valence-electron chi connectivity index (χ1n) is 4.92. The average molecular weight is 242 g/mol. The van der Waals surface area contributed by atoms with Crippen LogP contribution in [-0.4, -0.2) is 11.6 Å². The topological polar surface area (TPSA) is 32.7 Å². The number of rotatable bonds is 1. The molecule has 6 heteroatoms. The Hall–Kier alpha value is -1.85. The van der Waals surface area contributed by atoms with Crippen molar-refractivity contribution in [1.82, 2.24) is 0 Å². The predicted octanol–water partition coefficient (Wildman–Crippen LogP) is 2.82. The molecular formula is C11H9F3N2O. The summed E-state index contributed by atoms with van der Waals surface area (Å²) < 4.78 is 37.5. The number of amides is 1. The summed E-state index contributed by atoms with van der Waals surface area (Å²) in [4.78, 5) is 11.5. The quantitative estimate of drug-likeness (QED) is 0.745. The van der Waals surface area contributed by atoms with Crippen LogP contribution in [0.5, 0.6) is 0 Å². The van der Waals surface area contributed by atoms with E-state index >= 15 is 0 Å². The van der Waals surface area contributed by atoms with Gasteiger partial charge in [-0.05, 0) is 25.1 Å². The van der Waals surface area contributed by atoms with E-state index in [0.717, 1.165) is 17.1 Å². The van der Waals surface area contributed by atoms with Crippen molar-refractivity contribution >= 4 is 17.3 Å². The van der Waals surface area contributed by atoms with Crippen LogP contribution in [0.3, 0.4) is 0 Å². The number of halogens is 3. The van der Waals surface area contributed by atoms with Crippen molar-refractivity contribution in [3.63, 3.8) is 0 Å². The molecule has 17 heavy (non-hydrogen) atoms. The molecule has 0 aromatic heterocycles. The van der Waals surface area contributed by atoms with Gasteiger partial charge in [0, 0.05) is 5.71 Å². The van der Waals surface area contributed by atoms with Crippen molar-refractivity contribution in [3.05, 3.63) is 29.8 Å². The average Bonchev–Trinajstić information content (AvgIpc) is 2.57. The number of anilines is 1. The fraction of sp³-hybridized carbons (Fsp3) is 0.273. The summed E-state index contributed by atoms with van der Waals surface area (Å²) >= 11 is 0. The summed E-state index contributed by atoms with van der Waals surface area (Å²) in [6.07, 6.45) is -4.27. The fourth-order valence-corrected chi connectivity index (χ4v) is 1.57. The number of carbonyl (C=O) groups excluding carboxylic acids is 1. The van der Waals surface area contributed by atoms with Crippen LogP contribution < -0.4 is 5.01 Å². The number of carbonyl (C=O) groups is 1. The van der Waals surface area contributed by atoms with E-state index in [2.05, 4.69) is 5.10 Å². The number of hydrogen-bond donors (Lipinski definition) is 0. The van der Waals surface area contributed by atoms with Crippen LogP contribution in [0.1, 0.15) is 18.9 Å². The zero-order valence-electron chi connectivity index (χ0n) is 8.95. The van der Waals surface area contributed by atoms with Crippen molar-refractivity contribution in [2.45, 2.75) is 19.5 Å². The number of nitrogens with zero attached hydrogens (tertiary/aromatic N) is 2. The number of alkyl halides is 3. The highest BCUT2D eigenvalue weighted by molar-refractivity contribution is 6.12. The first-order chi connectivity index (χ1) is 7.88. The standard InChI is InChI=1S/C11H9F3N2O/c1-7-5-10(17)16(15-7)9-4-2-3-8(6-9)11(12,13)14/h2-4,6H,5H2,1H3. The van der Waals surface area contributed by atoms with Crippen LogP contribution in [0.4, 0.5) is 18.9 Å². The van der Waals surface area contributed by atoms with Crippen molar-refractivity contribution < 1.29 is 18.0 Å². The van der Waals surface area contributed by atoms with Crippen LogP contribution in [-0.2, 0) is 11.0 Å². The molecule has 0 N–H and O–H groups in total. The van der Waals surface area contributed by atoms with Gasteiger partial charge in [0.05, 0.1) is 17.7 Å². The van der Waals surface area contributed by atoms with E-state index in [4.69, 9.17) is 0 Å². The molecule has 0 spiro atoms. The Balaban J connectivity index is 2.38. The molecule has 1 aliphatic rings. The summed E-state index contributed by atoms with van der Waals surface area (Å²) in [5, 5.41) is 4.90. The molecule has 0 saturated carbocycles. The fourth-order valence-electron chi connectivity index (χ4n) is 1.57. The van der Waals surface area contributed by atoms with E-state index in [-0.39, 0.29) is 18.0 Å². The molecule has 90 valence electrons. The van der Waals surface area contributed by atoms with Crippen LogP contribution in [0.2, 0.25) is 0 Å². The molecule has 3 nitrogen and oxygen atoms in total. The summed E-state index contributed by atoms with van der Waals surface area (Å²) in [5.74, 6) is -0.318. The Morgan fingerprint density at radius 1 is 1.35 bits per heavy atom. The summed E-state index contributed by atoms with van der Waals surface area (Å²) in [6.45, 7) is 1.66. The van der Waals surface area contributed by atoms with Crippen molar-refractivity contribution in [1.29, 1.82) is 0 Å². The third-order valence-electron chi connectivity index (χ3n) is 2.33. The maximum atomic E-state index is 12.5. The van der Waals surface area contributed by atoms with Crippen LogP contribution in [0.25, 0.3) is 0 Å². The van der Waals surface area contributed by atoms with Gasteiger partial charge < -0.3 is 0 Å². The summed E-state index contributed by atoms with van der Waals surface area (Å²) in [6, 6.07) is 4.56. The molecule has 0 fully saturated rings. The van der Waals surface area contributed by atoms with Gasteiger partial charge in [0.1, 0.15) is 0 Å². The first kappa shape index (κ1) is 11.6. The Labute approximate surface area is 95.5 Å². The molecule has 1 aliphatic heterocycles. The Bertz CT molecular complexity index is 494. The number of hydrazone groups is 1. The van der Waals surface area contributed by atoms with E-state index in [1.54, 1.807) is 6.92 Å². The Kier molecular flexibility index (Phi) is 2.65. The normalized spacial score (nSPS) is 16.4. The van der Waals surface area contributed by atoms with E-state index in [9.17, 15) is 18.0 Å². The highest BCUT2D eigenvalue weighted by atomic mass is 19.4. The lowest BCUT2D eigenvalue weighted by Crippen LogP contribution is -2.20. The van der Waals surface area contributed by atoms with Gasteiger partial charge in [-0.25, -0.2) is 5.01 Å². The molecule has 1 heterocycles. The lowest BCUT2D eigenvalue weighted by Gasteiger charge is -2.14. The number of benzene rings is 1. The van der Waals surface area contributed by atoms with E-state index < -0.39 is 11.7 Å². The molecule has 0 atom stereocenters. The molecule has 0 saturated heterocycles. The smallest absolute Gasteiger partial charge is 0.272 e. The zero-order valence-corrected chi connectivity index (χ0v) is 8.95. The van der Waals surface area contributed by atoms with Gasteiger partial charge in [-0.3, -0.25) is 4.79 Å². The van der Waals surface area contributed by atoms with E-state index in [1.807, 2.05) is 0 Å². The van der Waals surface area contributed by atoms with Crippen LogP contribution >= 0.6 is 0 Å². The predicted molar refractivity (Wildman–Crippen MR) is 56.7 cm³/mol. The second-order valence-electron chi connectivity index (χ2n) is 3.77. The van der Waals surface area contributed by atoms with Gasteiger partial charge in [-0.2, -0.15) is 18.3 Å².